The summed E-state index contributed by atoms with van der Waals surface area (Å²) in [4.78, 5) is 12.1. The summed E-state index contributed by atoms with van der Waals surface area (Å²) < 4.78 is 38.7. The van der Waals surface area contributed by atoms with Gasteiger partial charge in [0.05, 0.1) is 10.6 Å². The number of carbonyl (C=O) groups is 1. The molecule has 6 heteroatoms. The Morgan fingerprint density at radius 3 is 2.50 bits per heavy atom. The second-order valence-electron chi connectivity index (χ2n) is 5.88. The highest BCUT2D eigenvalue weighted by Gasteiger charge is 2.33. The van der Waals surface area contributed by atoms with E-state index in [1.807, 2.05) is 42.5 Å². The van der Waals surface area contributed by atoms with E-state index in [4.69, 9.17) is 11.6 Å². The molecule has 0 fully saturated rings. The summed E-state index contributed by atoms with van der Waals surface area (Å²) in [6, 6.07) is 17.0. The molecule has 0 spiro atoms. The van der Waals surface area contributed by atoms with E-state index in [0.29, 0.717) is 6.42 Å². The van der Waals surface area contributed by atoms with Crippen molar-refractivity contribution >= 4 is 34.0 Å². The topological polar surface area (TPSA) is 29.1 Å². The van der Waals surface area contributed by atoms with Gasteiger partial charge in [-0.3, -0.25) is 4.79 Å². The number of amides is 1. The first-order valence-electron chi connectivity index (χ1n) is 7.98. The van der Waals surface area contributed by atoms with Crippen LogP contribution in [0.2, 0.25) is 5.02 Å². The Labute approximate surface area is 153 Å². The number of rotatable bonds is 4. The normalized spacial score (nSPS) is 11.5. The van der Waals surface area contributed by atoms with Crippen molar-refractivity contribution in [2.75, 3.05) is 5.32 Å². The summed E-state index contributed by atoms with van der Waals surface area (Å²) in [6.45, 7) is 0. The van der Waals surface area contributed by atoms with E-state index in [0.717, 1.165) is 28.5 Å². The predicted molar refractivity (Wildman–Crippen MR) is 97.4 cm³/mol. The number of fused-ring (bicyclic) bond motifs is 1. The fourth-order valence-corrected chi connectivity index (χ4v) is 3.03. The lowest BCUT2D eigenvalue weighted by Crippen LogP contribution is -2.14. The molecule has 3 aromatic carbocycles. The van der Waals surface area contributed by atoms with Crippen LogP contribution in [0.4, 0.5) is 18.9 Å². The van der Waals surface area contributed by atoms with Crippen LogP contribution >= 0.6 is 11.6 Å². The Balaban J connectivity index is 1.70. The third kappa shape index (κ3) is 4.17. The summed E-state index contributed by atoms with van der Waals surface area (Å²) >= 11 is 5.58. The van der Waals surface area contributed by atoms with Crippen molar-refractivity contribution in [1.29, 1.82) is 0 Å². The first-order valence-corrected chi connectivity index (χ1v) is 8.35. The average Bonchev–Trinajstić information content (AvgIpc) is 2.60. The highest BCUT2D eigenvalue weighted by molar-refractivity contribution is 6.31. The van der Waals surface area contributed by atoms with Crippen molar-refractivity contribution < 1.29 is 18.0 Å². The lowest BCUT2D eigenvalue weighted by atomic mass is 10.0. The third-order valence-electron chi connectivity index (χ3n) is 4.06. The number of hydrogen-bond acceptors (Lipinski definition) is 1. The number of anilines is 1. The van der Waals surface area contributed by atoms with E-state index in [1.54, 1.807) is 0 Å². The van der Waals surface area contributed by atoms with Crippen LogP contribution in [0.5, 0.6) is 0 Å². The molecular formula is C20H15ClF3NO. The number of benzene rings is 3. The molecule has 0 aliphatic rings. The quantitative estimate of drug-likeness (QED) is 0.586. The van der Waals surface area contributed by atoms with Crippen LogP contribution in [-0.2, 0) is 17.4 Å². The van der Waals surface area contributed by atoms with Gasteiger partial charge in [-0.05, 0) is 41.0 Å². The summed E-state index contributed by atoms with van der Waals surface area (Å²) in [5.41, 5.74) is 0.126. The van der Waals surface area contributed by atoms with Crippen LogP contribution in [-0.4, -0.2) is 5.91 Å². The van der Waals surface area contributed by atoms with Crippen LogP contribution in [0.1, 0.15) is 17.5 Å². The van der Waals surface area contributed by atoms with E-state index in [-0.39, 0.29) is 18.0 Å². The van der Waals surface area contributed by atoms with Gasteiger partial charge >= 0.3 is 6.18 Å². The number of carbonyl (C=O) groups excluding carboxylic acids is 1. The summed E-state index contributed by atoms with van der Waals surface area (Å²) in [6.07, 6.45) is -3.91. The monoisotopic (exact) mass is 377 g/mol. The lowest BCUT2D eigenvalue weighted by Gasteiger charge is -2.12. The van der Waals surface area contributed by atoms with E-state index in [9.17, 15) is 18.0 Å². The van der Waals surface area contributed by atoms with Gasteiger partial charge in [0.15, 0.2) is 0 Å². The van der Waals surface area contributed by atoms with Gasteiger partial charge in [-0.2, -0.15) is 13.2 Å². The van der Waals surface area contributed by atoms with E-state index >= 15 is 0 Å². The Hall–Kier alpha value is -2.53. The minimum absolute atomic E-state index is 0.0737. The van der Waals surface area contributed by atoms with Crippen LogP contribution in [0, 0.1) is 0 Å². The first kappa shape index (κ1) is 18.3. The largest absolute Gasteiger partial charge is 0.417 e. The molecule has 0 aliphatic heterocycles. The summed E-state index contributed by atoms with van der Waals surface area (Å²) in [5, 5.41) is 4.25. The summed E-state index contributed by atoms with van der Waals surface area (Å²) in [5.74, 6) is -0.353. The molecule has 1 N–H and O–H groups in total. The van der Waals surface area contributed by atoms with Crippen molar-refractivity contribution in [2.45, 2.75) is 19.0 Å². The third-order valence-corrected chi connectivity index (χ3v) is 4.39. The lowest BCUT2D eigenvalue weighted by molar-refractivity contribution is -0.137. The first-order chi connectivity index (χ1) is 12.3. The maximum Gasteiger partial charge on any atom is 0.417 e. The van der Waals surface area contributed by atoms with Crippen LogP contribution < -0.4 is 5.32 Å². The van der Waals surface area contributed by atoms with Crippen LogP contribution in [0.25, 0.3) is 10.8 Å². The molecule has 3 rings (SSSR count). The van der Waals surface area contributed by atoms with Crippen LogP contribution in [0.3, 0.4) is 0 Å². The molecule has 0 bridgehead atoms. The molecule has 0 aromatic heterocycles. The maximum absolute atomic E-state index is 12.9. The van der Waals surface area contributed by atoms with Gasteiger partial charge < -0.3 is 5.32 Å². The standard InChI is InChI=1S/C20H15ClF3NO/c21-18-10-9-15(12-17(18)20(22,23)24)25-19(26)11-8-14-6-3-5-13-4-1-2-7-16(13)14/h1-7,9-10,12H,8,11H2,(H,25,26). The molecule has 0 unspecified atom stereocenters. The Kier molecular flexibility index (Phi) is 5.18. The number of hydrogen-bond donors (Lipinski definition) is 1. The van der Waals surface area contributed by atoms with Gasteiger partial charge in [0, 0.05) is 12.1 Å². The Morgan fingerprint density at radius 1 is 1.00 bits per heavy atom. The van der Waals surface area contributed by atoms with Gasteiger partial charge in [-0.15, -0.1) is 0 Å². The van der Waals surface area contributed by atoms with Crippen molar-refractivity contribution in [3.63, 3.8) is 0 Å². The fraction of sp³-hybridized carbons (Fsp3) is 0.150. The molecule has 2 nitrogen and oxygen atoms in total. The molecule has 3 aromatic rings. The minimum atomic E-state index is -4.57. The number of nitrogens with one attached hydrogen (secondary N) is 1. The molecule has 0 saturated carbocycles. The summed E-state index contributed by atoms with van der Waals surface area (Å²) in [7, 11) is 0. The highest BCUT2D eigenvalue weighted by Crippen LogP contribution is 2.36. The minimum Gasteiger partial charge on any atom is -0.326 e. The van der Waals surface area contributed by atoms with E-state index < -0.39 is 16.8 Å². The maximum atomic E-state index is 12.9. The van der Waals surface area contributed by atoms with Crippen molar-refractivity contribution in [3.8, 4) is 0 Å². The average molecular weight is 378 g/mol. The molecule has 0 radical (unpaired) electrons. The van der Waals surface area contributed by atoms with Crippen LogP contribution in [0.15, 0.2) is 60.7 Å². The number of aryl methyl sites for hydroxylation is 1. The smallest absolute Gasteiger partial charge is 0.326 e. The second kappa shape index (κ2) is 7.38. The number of halogens is 4. The SMILES string of the molecule is O=C(CCc1cccc2ccccc12)Nc1ccc(Cl)c(C(F)(F)F)c1. The fourth-order valence-electron chi connectivity index (χ4n) is 2.80. The second-order valence-corrected chi connectivity index (χ2v) is 6.29. The number of alkyl halides is 3. The zero-order valence-electron chi connectivity index (χ0n) is 13.6. The van der Waals surface area contributed by atoms with Gasteiger partial charge in [-0.25, -0.2) is 0 Å². The molecule has 26 heavy (non-hydrogen) atoms. The molecular weight excluding hydrogens is 363 g/mol. The van der Waals surface area contributed by atoms with Crippen molar-refractivity contribution in [1.82, 2.24) is 0 Å². The molecule has 0 heterocycles. The van der Waals surface area contributed by atoms with E-state index in [2.05, 4.69) is 5.32 Å². The van der Waals surface area contributed by atoms with Gasteiger partial charge in [0.1, 0.15) is 0 Å². The Bertz CT molecular complexity index is 948. The molecule has 134 valence electrons. The zero-order valence-corrected chi connectivity index (χ0v) is 14.4. The van der Waals surface area contributed by atoms with Crippen molar-refractivity contribution in [3.05, 3.63) is 76.8 Å². The highest BCUT2D eigenvalue weighted by atomic mass is 35.5. The molecule has 0 atom stereocenters. The van der Waals surface area contributed by atoms with Gasteiger partial charge in [-0.1, -0.05) is 54.1 Å². The van der Waals surface area contributed by atoms with Gasteiger partial charge in [0.25, 0.3) is 0 Å². The molecule has 1 amide bonds. The molecule has 0 saturated heterocycles. The van der Waals surface area contributed by atoms with Crippen molar-refractivity contribution in [2.24, 2.45) is 0 Å². The zero-order chi connectivity index (χ0) is 18.7. The predicted octanol–water partition coefficient (Wildman–Crippen LogP) is 6.08. The molecule has 0 aliphatic carbocycles. The Morgan fingerprint density at radius 2 is 1.73 bits per heavy atom. The van der Waals surface area contributed by atoms with E-state index in [1.165, 1.54) is 6.07 Å². The van der Waals surface area contributed by atoms with Gasteiger partial charge in [0.2, 0.25) is 5.91 Å².